The van der Waals surface area contributed by atoms with E-state index in [4.69, 9.17) is 4.84 Å². The Balaban J connectivity index is 1.81. The molecule has 108 valence electrons. The monoisotopic (exact) mass is 274 g/mol. The maximum absolute atomic E-state index is 12.8. The Morgan fingerprint density at radius 1 is 1.30 bits per heavy atom. The van der Waals surface area contributed by atoms with E-state index in [9.17, 15) is 4.79 Å². The molecule has 1 aromatic rings. The molecule has 0 N–H and O–H groups in total. The number of hydrogen-bond acceptors (Lipinski definition) is 3. The molecule has 0 bridgehead atoms. The third kappa shape index (κ3) is 2.13. The first-order valence-electron chi connectivity index (χ1n) is 7.34. The molecule has 1 aromatic carbocycles. The average Bonchev–Trinajstić information content (AvgIpc) is 2.75. The summed E-state index contributed by atoms with van der Waals surface area (Å²) in [6, 6.07) is 10.6. The average molecular weight is 274 g/mol. The van der Waals surface area contributed by atoms with Crippen LogP contribution in [0, 0.1) is 5.92 Å². The lowest BCUT2D eigenvalue weighted by molar-refractivity contribution is -0.142. The molecule has 0 saturated carbocycles. The highest BCUT2D eigenvalue weighted by Gasteiger charge is 2.48. The molecule has 2 heterocycles. The molecule has 3 rings (SSSR count). The second kappa shape index (κ2) is 5.19. The van der Waals surface area contributed by atoms with Crippen molar-refractivity contribution in [3.63, 3.8) is 0 Å². The summed E-state index contributed by atoms with van der Waals surface area (Å²) in [5.41, 5.74) is 1.19. The summed E-state index contributed by atoms with van der Waals surface area (Å²) in [5, 5.41) is 1.87. The van der Waals surface area contributed by atoms with Crippen molar-refractivity contribution in [2.75, 3.05) is 13.6 Å². The Bertz CT molecular complexity index is 491. The first kappa shape index (κ1) is 13.6. The van der Waals surface area contributed by atoms with Gasteiger partial charge in [-0.3, -0.25) is 9.63 Å². The number of hydroxylamine groups is 2. The molecule has 1 amide bonds. The molecular formula is C16H22N2O2. The maximum Gasteiger partial charge on any atom is 0.230 e. The smallest absolute Gasteiger partial charge is 0.230 e. The van der Waals surface area contributed by atoms with Gasteiger partial charge in [-0.15, -0.1) is 0 Å². The Morgan fingerprint density at radius 2 is 2.00 bits per heavy atom. The summed E-state index contributed by atoms with van der Waals surface area (Å²) in [4.78, 5) is 20.5. The molecule has 0 unspecified atom stereocenters. The molecule has 2 saturated heterocycles. The highest BCUT2D eigenvalue weighted by molar-refractivity contribution is 5.81. The molecule has 0 aromatic heterocycles. The summed E-state index contributed by atoms with van der Waals surface area (Å²) in [5.74, 6) is 0.203. The number of carbonyl (C=O) groups excluding carboxylic acids is 1. The summed E-state index contributed by atoms with van der Waals surface area (Å²) < 4.78 is 0. The van der Waals surface area contributed by atoms with Gasteiger partial charge in [0, 0.05) is 13.6 Å². The van der Waals surface area contributed by atoms with Crippen LogP contribution in [0.1, 0.15) is 31.9 Å². The van der Waals surface area contributed by atoms with E-state index in [1.165, 1.54) is 5.56 Å². The summed E-state index contributed by atoms with van der Waals surface area (Å²) >= 11 is 0. The van der Waals surface area contributed by atoms with E-state index in [-0.39, 0.29) is 30.0 Å². The van der Waals surface area contributed by atoms with Gasteiger partial charge in [0.05, 0.1) is 24.1 Å². The van der Waals surface area contributed by atoms with Crippen LogP contribution in [0.4, 0.5) is 0 Å². The highest BCUT2D eigenvalue weighted by Crippen LogP contribution is 2.36. The van der Waals surface area contributed by atoms with Crippen LogP contribution in [0.25, 0.3) is 0 Å². The predicted octanol–water partition coefficient (Wildman–Crippen LogP) is 2.23. The van der Waals surface area contributed by atoms with Crippen LogP contribution in [0.3, 0.4) is 0 Å². The van der Waals surface area contributed by atoms with Gasteiger partial charge in [0.1, 0.15) is 0 Å². The van der Waals surface area contributed by atoms with Gasteiger partial charge in [-0.2, -0.15) is 5.06 Å². The first-order valence-corrected chi connectivity index (χ1v) is 7.34. The van der Waals surface area contributed by atoms with E-state index in [0.29, 0.717) is 0 Å². The van der Waals surface area contributed by atoms with Crippen molar-refractivity contribution in [2.24, 2.45) is 5.92 Å². The number of amides is 1. The van der Waals surface area contributed by atoms with E-state index in [1.54, 1.807) is 0 Å². The molecule has 0 spiro atoms. The third-order valence-electron chi connectivity index (χ3n) is 4.70. The molecule has 20 heavy (non-hydrogen) atoms. The fourth-order valence-electron chi connectivity index (χ4n) is 3.54. The molecule has 2 aliphatic rings. The Hall–Kier alpha value is -1.39. The number of benzene rings is 1. The number of carbonyl (C=O) groups is 1. The van der Waals surface area contributed by atoms with Crippen molar-refractivity contribution in [3.8, 4) is 0 Å². The van der Waals surface area contributed by atoms with Gasteiger partial charge in [-0.05, 0) is 25.8 Å². The van der Waals surface area contributed by atoms with Gasteiger partial charge in [0.25, 0.3) is 0 Å². The second-order valence-electron chi connectivity index (χ2n) is 5.86. The van der Waals surface area contributed by atoms with E-state index in [2.05, 4.69) is 19.1 Å². The Labute approximate surface area is 120 Å². The lowest BCUT2D eigenvalue weighted by atomic mass is 9.87. The lowest BCUT2D eigenvalue weighted by Gasteiger charge is -2.39. The van der Waals surface area contributed by atoms with Crippen molar-refractivity contribution in [1.29, 1.82) is 0 Å². The predicted molar refractivity (Wildman–Crippen MR) is 76.8 cm³/mol. The van der Waals surface area contributed by atoms with Crippen molar-refractivity contribution < 1.29 is 9.63 Å². The lowest BCUT2D eigenvalue weighted by Crippen LogP contribution is -2.51. The molecule has 0 aliphatic carbocycles. The zero-order valence-electron chi connectivity index (χ0n) is 12.3. The number of nitrogens with zero attached hydrogens (tertiary/aromatic N) is 2. The van der Waals surface area contributed by atoms with Gasteiger partial charge < -0.3 is 4.90 Å². The van der Waals surface area contributed by atoms with E-state index < -0.39 is 0 Å². The van der Waals surface area contributed by atoms with Crippen LogP contribution in [0.5, 0.6) is 0 Å². The number of rotatable bonds is 2. The van der Waals surface area contributed by atoms with Crippen molar-refractivity contribution in [3.05, 3.63) is 35.9 Å². The number of hydrogen-bond donors (Lipinski definition) is 0. The molecule has 4 heteroatoms. The summed E-state index contributed by atoms with van der Waals surface area (Å²) in [7, 11) is 1.94. The highest BCUT2D eigenvalue weighted by atomic mass is 16.7. The van der Waals surface area contributed by atoms with Crippen LogP contribution < -0.4 is 0 Å². The second-order valence-corrected chi connectivity index (χ2v) is 5.86. The van der Waals surface area contributed by atoms with Crippen molar-refractivity contribution in [2.45, 2.75) is 38.5 Å². The van der Waals surface area contributed by atoms with Crippen LogP contribution in [-0.4, -0.2) is 41.6 Å². The van der Waals surface area contributed by atoms with E-state index in [1.807, 2.05) is 42.1 Å². The van der Waals surface area contributed by atoms with Crippen molar-refractivity contribution in [1.82, 2.24) is 9.96 Å². The van der Waals surface area contributed by atoms with Gasteiger partial charge in [-0.1, -0.05) is 30.3 Å². The Morgan fingerprint density at radius 3 is 2.70 bits per heavy atom. The minimum Gasteiger partial charge on any atom is -0.335 e. The van der Waals surface area contributed by atoms with Gasteiger partial charge in [0.2, 0.25) is 5.91 Å². The largest absolute Gasteiger partial charge is 0.335 e. The minimum absolute atomic E-state index is 0.0247. The van der Waals surface area contributed by atoms with Crippen LogP contribution in [-0.2, 0) is 9.63 Å². The van der Waals surface area contributed by atoms with Gasteiger partial charge >= 0.3 is 0 Å². The van der Waals surface area contributed by atoms with Crippen LogP contribution >= 0.6 is 0 Å². The molecule has 2 fully saturated rings. The van der Waals surface area contributed by atoms with Crippen LogP contribution in [0.2, 0.25) is 0 Å². The maximum atomic E-state index is 12.8. The standard InChI is InChI=1S/C16H22N2O2/c1-11(13-7-5-4-6-8-13)18-10-9-14-15(16(18)19)12(2)20-17(14)3/h4-8,11-12,14-15H,9-10H2,1-3H3/t11-,12-,14-,15-/m0/s1. The van der Waals surface area contributed by atoms with Crippen LogP contribution in [0.15, 0.2) is 30.3 Å². The Kier molecular flexibility index (Phi) is 3.52. The molecule has 4 atom stereocenters. The zero-order chi connectivity index (χ0) is 14.3. The van der Waals surface area contributed by atoms with Crippen molar-refractivity contribution >= 4 is 5.91 Å². The molecule has 0 radical (unpaired) electrons. The third-order valence-corrected chi connectivity index (χ3v) is 4.70. The SMILES string of the molecule is C[C@@H]1ON(C)[C@H]2CCN([C@@H](C)c3ccccc3)C(=O)[C@@H]12. The van der Waals surface area contributed by atoms with Gasteiger partial charge in [0.15, 0.2) is 0 Å². The summed E-state index contributed by atoms with van der Waals surface area (Å²) in [6.07, 6.45) is 0.956. The minimum atomic E-state index is -0.0279. The van der Waals surface area contributed by atoms with E-state index >= 15 is 0 Å². The fraction of sp³-hybridized carbons (Fsp3) is 0.562. The molecule has 4 nitrogen and oxygen atoms in total. The summed E-state index contributed by atoms with van der Waals surface area (Å²) in [6.45, 7) is 4.91. The fourth-order valence-corrected chi connectivity index (χ4v) is 3.54. The molecule has 2 aliphatic heterocycles. The first-order chi connectivity index (χ1) is 9.59. The number of likely N-dealkylation sites (tertiary alicyclic amines) is 1. The molecular weight excluding hydrogens is 252 g/mol. The van der Waals surface area contributed by atoms with E-state index in [0.717, 1.165) is 13.0 Å². The normalized spacial score (nSPS) is 32.2. The van der Waals surface area contributed by atoms with Gasteiger partial charge in [-0.25, -0.2) is 0 Å². The number of fused-ring (bicyclic) bond motifs is 1. The topological polar surface area (TPSA) is 32.8 Å². The quantitative estimate of drug-likeness (QED) is 0.829. The zero-order valence-corrected chi connectivity index (χ0v) is 12.3. The number of piperidine rings is 1.